The van der Waals surface area contributed by atoms with E-state index >= 15 is 0 Å². The van der Waals surface area contributed by atoms with Crippen LogP contribution in [0, 0.1) is 6.92 Å². The van der Waals surface area contributed by atoms with Crippen LogP contribution >= 0.6 is 0 Å². The smallest absolute Gasteiger partial charge is 0.137 e. The number of pyridine rings is 1. The van der Waals surface area contributed by atoms with Crippen molar-refractivity contribution in [2.45, 2.75) is 38.9 Å². The molecule has 1 saturated carbocycles. The van der Waals surface area contributed by atoms with Crippen LogP contribution in [0.4, 0.5) is 0 Å². The first kappa shape index (κ1) is 12.5. The highest BCUT2D eigenvalue weighted by molar-refractivity contribution is 5.41. The number of aryl methyl sites for hydroxylation is 1. The molecule has 6 heteroatoms. The SMILES string of the molecule is Cc1ccc2nc(Cn3cc(CNC4CC4)nn3)cn2c1. The molecule has 1 fully saturated rings. The van der Waals surface area contributed by atoms with E-state index in [0.29, 0.717) is 12.6 Å². The topological polar surface area (TPSA) is 60.0 Å². The van der Waals surface area contributed by atoms with Crippen molar-refractivity contribution in [3.05, 3.63) is 47.7 Å². The van der Waals surface area contributed by atoms with Gasteiger partial charge in [0, 0.05) is 25.0 Å². The molecule has 1 aliphatic carbocycles. The van der Waals surface area contributed by atoms with Crippen LogP contribution in [0.25, 0.3) is 5.65 Å². The van der Waals surface area contributed by atoms with Crippen molar-refractivity contribution in [1.82, 2.24) is 29.7 Å². The largest absolute Gasteiger partial charge is 0.308 e. The molecule has 4 rings (SSSR count). The summed E-state index contributed by atoms with van der Waals surface area (Å²) in [7, 11) is 0. The number of hydrogen-bond donors (Lipinski definition) is 1. The predicted molar refractivity (Wildman–Crippen MR) is 78.9 cm³/mol. The number of aromatic nitrogens is 5. The second-order valence-corrected chi connectivity index (χ2v) is 5.77. The first-order chi connectivity index (χ1) is 10.3. The average Bonchev–Trinajstić information content (AvgIpc) is 3.05. The molecule has 0 atom stereocenters. The van der Waals surface area contributed by atoms with Crippen LogP contribution in [0.1, 0.15) is 29.8 Å². The van der Waals surface area contributed by atoms with Crippen molar-refractivity contribution in [3.63, 3.8) is 0 Å². The molecule has 0 amide bonds. The molecule has 0 aromatic carbocycles. The molecule has 0 unspecified atom stereocenters. The number of hydrogen-bond acceptors (Lipinski definition) is 4. The maximum absolute atomic E-state index is 4.60. The molecule has 0 aliphatic heterocycles. The predicted octanol–water partition coefficient (Wildman–Crippen LogP) is 1.53. The monoisotopic (exact) mass is 282 g/mol. The number of fused-ring (bicyclic) bond motifs is 1. The van der Waals surface area contributed by atoms with E-state index in [2.05, 4.69) is 44.2 Å². The minimum absolute atomic E-state index is 0.650. The molecule has 108 valence electrons. The average molecular weight is 282 g/mol. The van der Waals surface area contributed by atoms with Crippen molar-refractivity contribution in [3.8, 4) is 0 Å². The summed E-state index contributed by atoms with van der Waals surface area (Å²) in [6.45, 7) is 3.53. The lowest BCUT2D eigenvalue weighted by molar-refractivity contribution is 0.638. The van der Waals surface area contributed by atoms with E-state index in [1.807, 2.05) is 23.1 Å². The Morgan fingerprint density at radius 2 is 2.10 bits per heavy atom. The van der Waals surface area contributed by atoms with E-state index in [4.69, 9.17) is 0 Å². The first-order valence-electron chi connectivity index (χ1n) is 7.33. The fraction of sp³-hybridized carbons (Fsp3) is 0.400. The summed E-state index contributed by atoms with van der Waals surface area (Å²) in [5.41, 5.74) is 4.17. The molecule has 1 N–H and O–H groups in total. The van der Waals surface area contributed by atoms with Crippen LogP contribution in [0.2, 0.25) is 0 Å². The van der Waals surface area contributed by atoms with E-state index in [9.17, 15) is 0 Å². The van der Waals surface area contributed by atoms with Crippen LogP contribution in [0.3, 0.4) is 0 Å². The van der Waals surface area contributed by atoms with Gasteiger partial charge in [-0.1, -0.05) is 11.3 Å². The van der Waals surface area contributed by atoms with Crippen LogP contribution < -0.4 is 5.32 Å². The third-order valence-corrected chi connectivity index (χ3v) is 3.71. The highest BCUT2D eigenvalue weighted by Gasteiger charge is 2.20. The van der Waals surface area contributed by atoms with Gasteiger partial charge in [0.15, 0.2) is 0 Å². The Morgan fingerprint density at radius 1 is 1.19 bits per heavy atom. The normalized spacial score (nSPS) is 14.9. The molecule has 0 saturated heterocycles. The summed E-state index contributed by atoms with van der Waals surface area (Å²) >= 11 is 0. The van der Waals surface area contributed by atoms with Crippen molar-refractivity contribution in [1.29, 1.82) is 0 Å². The lowest BCUT2D eigenvalue weighted by Crippen LogP contribution is -2.15. The van der Waals surface area contributed by atoms with Crippen LogP contribution in [-0.2, 0) is 13.1 Å². The van der Waals surface area contributed by atoms with Gasteiger partial charge in [-0.3, -0.25) is 0 Å². The summed E-state index contributed by atoms with van der Waals surface area (Å²) in [6, 6.07) is 4.80. The number of nitrogens with one attached hydrogen (secondary N) is 1. The van der Waals surface area contributed by atoms with Gasteiger partial charge in [-0.25, -0.2) is 9.67 Å². The minimum atomic E-state index is 0.650. The lowest BCUT2D eigenvalue weighted by Gasteiger charge is -1.97. The van der Waals surface area contributed by atoms with Gasteiger partial charge in [0.1, 0.15) is 5.65 Å². The van der Waals surface area contributed by atoms with E-state index in [-0.39, 0.29) is 0 Å². The van der Waals surface area contributed by atoms with Crippen molar-refractivity contribution < 1.29 is 0 Å². The first-order valence-corrected chi connectivity index (χ1v) is 7.33. The molecular weight excluding hydrogens is 264 g/mol. The lowest BCUT2D eigenvalue weighted by atomic mass is 10.3. The minimum Gasteiger partial charge on any atom is -0.308 e. The zero-order valence-electron chi connectivity index (χ0n) is 12.0. The summed E-state index contributed by atoms with van der Waals surface area (Å²) in [5.74, 6) is 0. The molecular formula is C15H18N6. The van der Waals surface area contributed by atoms with Crippen LogP contribution in [-0.4, -0.2) is 30.4 Å². The maximum Gasteiger partial charge on any atom is 0.137 e. The van der Waals surface area contributed by atoms with E-state index in [0.717, 1.165) is 23.6 Å². The van der Waals surface area contributed by atoms with Gasteiger partial charge in [0.2, 0.25) is 0 Å². The van der Waals surface area contributed by atoms with Gasteiger partial charge in [-0.15, -0.1) is 5.10 Å². The van der Waals surface area contributed by atoms with Gasteiger partial charge >= 0.3 is 0 Å². The van der Waals surface area contributed by atoms with Gasteiger partial charge in [0.05, 0.1) is 24.1 Å². The fourth-order valence-corrected chi connectivity index (χ4v) is 2.43. The maximum atomic E-state index is 4.60. The van der Waals surface area contributed by atoms with Crippen LogP contribution in [0.5, 0.6) is 0 Å². The summed E-state index contributed by atoms with van der Waals surface area (Å²) in [4.78, 5) is 4.60. The van der Waals surface area contributed by atoms with Gasteiger partial charge in [-0.05, 0) is 31.4 Å². The third-order valence-electron chi connectivity index (χ3n) is 3.71. The number of imidazole rings is 1. The van der Waals surface area contributed by atoms with E-state index in [1.54, 1.807) is 0 Å². The molecule has 3 aromatic heterocycles. The van der Waals surface area contributed by atoms with Gasteiger partial charge < -0.3 is 9.72 Å². The Balaban J connectivity index is 1.48. The molecule has 6 nitrogen and oxygen atoms in total. The van der Waals surface area contributed by atoms with Crippen molar-refractivity contribution in [2.75, 3.05) is 0 Å². The number of rotatable bonds is 5. The van der Waals surface area contributed by atoms with E-state index < -0.39 is 0 Å². The van der Waals surface area contributed by atoms with Crippen molar-refractivity contribution >= 4 is 5.65 Å². The number of nitrogens with zero attached hydrogens (tertiary/aromatic N) is 5. The quantitative estimate of drug-likeness (QED) is 0.771. The Labute approximate surface area is 122 Å². The zero-order chi connectivity index (χ0) is 14.2. The standard InChI is InChI=1S/C15H18N6/c1-11-2-5-15-17-14(8-20(15)7-11)10-21-9-13(18-19-21)6-16-12-3-4-12/h2,5,7-9,12,16H,3-4,6,10H2,1H3. The molecule has 1 aliphatic rings. The Hall–Kier alpha value is -2.21. The Morgan fingerprint density at radius 3 is 2.95 bits per heavy atom. The van der Waals surface area contributed by atoms with Crippen molar-refractivity contribution in [2.24, 2.45) is 0 Å². The van der Waals surface area contributed by atoms with Gasteiger partial charge in [-0.2, -0.15) is 0 Å². The summed E-state index contributed by atoms with van der Waals surface area (Å²) in [5, 5.41) is 11.8. The molecule has 3 heterocycles. The van der Waals surface area contributed by atoms with Gasteiger partial charge in [0.25, 0.3) is 0 Å². The third kappa shape index (κ3) is 2.80. The Kier molecular flexibility index (Phi) is 2.96. The second kappa shape index (κ2) is 4.96. The second-order valence-electron chi connectivity index (χ2n) is 5.77. The summed E-state index contributed by atoms with van der Waals surface area (Å²) in [6.07, 6.45) is 8.69. The Bertz CT molecular complexity index is 767. The molecule has 3 aromatic rings. The molecule has 21 heavy (non-hydrogen) atoms. The highest BCUT2D eigenvalue weighted by atomic mass is 15.4. The summed E-state index contributed by atoms with van der Waals surface area (Å²) < 4.78 is 3.90. The van der Waals surface area contributed by atoms with E-state index in [1.165, 1.54) is 18.4 Å². The molecule has 0 bridgehead atoms. The molecule has 0 spiro atoms. The fourth-order valence-electron chi connectivity index (χ4n) is 2.43. The zero-order valence-corrected chi connectivity index (χ0v) is 12.0. The molecule has 0 radical (unpaired) electrons. The van der Waals surface area contributed by atoms with Crippen LogP contribution in [0.15, 0.2) is 30.7 Å². The highest BCUT2D eigenvalue weighted by Crippen LogP contribution is 2.18.